The number of nitrogens with one attached hydrogen (secondary N) is 1. The molecule has 2 rings (SSSR count). The van der Waals surface area contributed by atoms with Gasteiger partial charge in [0, 0.05) is 37.1 Å². The number of amides is 1. The number of piperazine rings is 1. The van der Waals surface area contributed by atoms with Crippen molar-refractivity contribution >= 4 is 17.2 Å². The van der Waals surface area contributed by atoms with Gasteiger partial charge in [-0.05, 0) is 39.1 Å². The van der Waals surface area contributed by atoms with Crippen LogP contribution in [0.1, 0.15) is 32.6 Å². The van der Waals surface area contributed by atoms with Gasteiger partial charge in [-0.3, -0.25) is 9.69 Å². The van der Waals surface area contributed by atoms with Crippen LogP contribution in [-0.4, -0.2) is 53.5 Å². The van der Waals surface area contributed by atoms with Crippen LogP contribution in [0.25, 0.3) is 0 Å². The molecule has 1 aromatic rings. The fraction of sp³-hybridized carbons (Fsp3) is 0.688. The molecule has 1 aliphatic heterocycles. The van der Waals surface area contributed by atoms with Crippen LogP contribution in [0.4, 0.5) is 0 Å². The molecule has 118 valence electrons. The first-order chi connectivity index (χ1) is 9.93. The minimum Gasteiger partial charge on any atom is -0.334 e. The minimum atomic E-state index is -0.441. The molecule has 1 amide bonds. The van der Waals surface area contributed by atoms with E-state index in [4.69, 9.17) is 0 Å². The van der Waals surface area contributed by atoms with Crippen molar-refractivity contribution in [3.8, 4) is 0 Å². The summed E-state index contributed by atoms with van der Waals surface area (Å²) in [4.78, 5) is 18.7. The predicted octanol–water partition coefficient (Wildman–Crippen LogP) is 2.17. The van der Waals surface area contributed by atoms with Crippen LogP contribution in [-0.2, 0) is 11.3 Å². The van der Waals surface area contributed by atoms with Gasteiger partial charge in [0.15, 0.2) is 0 Å². The van der Waals surface area contributed by atoms with E-state index in [2.05, 4.69) is 49.4 Å². The van der Waals surface area contributed by atoms with Crippen molar-refractivity contribution in [2.24, 2.45) is 0 Å². The number of hydrogen-bond donors (Lipinski definition) is 1. The summed E-state index contributed by atoms with van der Waals surface area (Å²) in [6, 6.07) is 4.36. The van der Waals surface area contributed by atoms with Crippen LogP contribution in [0.3, 0.4) is 0 Å². The lowest BCUT2D eigenvalue weighted by Crippen LogP contribution is -2.61. The molecule has 0 bridgehead atoms. The summed E-state index contributed by atoms with van der Waals surface area (Å²) in [7, 11) is 0. The van der Waals surface area contributed by atoms with Gasteiger partial charge in [-0.15, -0.1) is 11.3 Å². The lowest BCUT2D eigenvalue weighted by molar-refractivity contribution is -0.145. The highest BCUT2D eigenvalue weighted by Crippen LogP contribution is 2.22. The zero-order valence-electron chi connectivity index (χ0n) is 13.6. The SMILES string of the molecule is CC(C)N(Cc1cccs1)C(=O)C(C)(C)N1CCNCC1. The van der Waals surface area contributed by atoms with Gasteiger partial charge in [0.1, 0.15) is 0 Å². The first-order valence-electron chi connectivity index (χ1n) is 7.72. The zero-order valence-corrected chi connectivity index (χ0v) is 14.4. The summed E-state index contributed by atoms with van der Waals surface area (Å²) in [5.74, 6) is 0.229. The van der Waals surface area contributed by atoms with Gasteiger partial charge in [0.05, 0.1) is 12.1 Å². The van der Waals surface area contributed by atoms with Crippen molar-refractivity contribution in [2.75, 3.05) is 26.2 Å². The molecule has 21 heavy (non-hydrogen) atoms. The first-order valence-corrected chi connectivity index (χ1v) is 8.60. The molecule has 0 aliphatic carbocycles. The summed E-state index contributed by atoms with van der Waals surface area (Å²) in [6.07, 6.45) is 0. The van der Waals surface area contributed by atoms with Crippen LogP contribution >= 0.6 is 11.3 Å². The van der Waals surface area contributed by atoms with Crippen molar-refractivity contribution in [2.45, 2.75) is 45.8 Å². The van der Waals surface area contributed by atoms with Crippen molar-refractivity contribution in [1.29, 1.82) is 0 Å². The number of carbonyl (C=O) groups is 1. The summed E-state index contributed by atoms with van der Waals surface area (Å²) in [5, 5.41) is 5.42. The van der Waals surface area contributed by atoms with Gasteiger partial charge in [-0.2, -0.15) is 0 Å². The number of thiophene rings is 1. The molecule has 0 radical (unpaired) electrons. The molecule has 1 saturated heterocycles. The van der Waals surface area contributed by atoms with Gasteiger partial charge in [-0.25, -0.2) is 0 Å². The number of rotatable bonds is 5. The summed E-state index contributed by atoms with van der Waals surface area (Å²) in [5.41, 5.74) is -0.441. The van der Waals surface area contributed by atoms with Crippen molar-refractivity contribution in [3.63, 3.8) is 0 Å². The van der Waals surface area contributed by atoms with E-state index >= 15 is 0 Å². The Morgan fingerprint density at radius 3 is 2.62 bits per heavy atom. The molecular weight excluding hydrogens is 282 g/mol. The molecule has 0 spiro atoms. The Morgan fingerprint density at radius 1 is 1.43 bits per heavy atom. The maximum absolute atomic E-state index is 13.1. The van der Waals surface area contributed by atoms with E-state index in [1.165, 1.54) is 4.88 Å². The zero-order chi connectivity index (χ0) is 15.5. The summed E-state index contributed by atoms with van der Waals surface area (Å²) < 4.78 is 0. The Kier molecular flexibility index (Phi) is 5.41. The fourth-order valence-corrected chi connectivity index (χ4v) is 3.47. The number of carbonyl (C=O) groups excluding carboxylic acids is 1. The van der Waals surface area contributed by atoms with Gasteiger partial charge < -0.3 is 10.2 Å². The molecular formula is C16H27N3OS. The molecule has 0 aromatic carbocycles. The predicted molar refractivity (Wildman–Crippen MR) is 88.5 cm³/mol. The quantitative estimate of drug-likeness (QED) is 0.905. The standard InChI is InChI=1S/C16H27N3OS/c1-13(2)19(12-14-6-5-11-21-14)15(20)16(3,4)18-9-7-17-8-10-18/h5-6,11,13,17H,7-10,12H2,1-4H3. The van der Waals surface area contributed by atoms with Crippen molar-refractivity contribution < 1.29 is 4.79 Å². The molecule has 4 nitrogen and oxygen atoms in total. The van der Waals surface area contributed by atoms with Gasteiger partial charge >= 0.3 is 0 Å². The molecule has 1 aromatic heterocycles. The Hall–Kier alpha value is -0.910. The largest absolute Gasteiger partial charge is 0.334 e. The van der Waals surface area contributed by atoms with Crippen molar-refractivity contribution in [3.05, 3.63) is 22.4 Å². The van der Waals surface area contributed by atoms with Crippen LogP contribution in [0, 0.1) is 0 Å². The molecule has 1 fully saturated rings. The average Bonchev–Trinajstić information content (AvgIpc) is 2.97. The lowest BCUT2D eigenvalue weighted by Gasteiger charge is -2.43. The normalized spacial score (nSPS) is 17.2. The van der Waals surface area contributed by atoms with Gasteiger partial charge in [-0.1, -0.05) is 6.07 Å². The third-order valence-electron chi connectivity index (χ3n) is 4.22. The van der Waals surface area contributed by atoms with Crippen LogP contribution in [0.2, 0.25) is 0 Å². The second kappa shape index (κ2) is 6.90. The highest BCUT2D eigenvalue weighted by Gasteiger charge is 2.38. The summed E-state index contributed by atoms with van der Waals surface area (Å²) in [6.45, 7) is 12.8. The van der Waals surface area contributed by atoms with E-state index in [9.17, 15) is 4.79 Å². The van der Waals surface area contributed by atoms with E-state index in [1.807, 2.05) is 11.0 Å². The maximum atomic E-state index is 13.1. The van der Waals surface area contributed by atoms with E-state index in [-0.39, 0.29) is 11.9 Å². The summed E-state index contributed by atoms with van der Waals surface area (Å²) >= 11 is 1.71. The van der Waals surface area contributed by atoms with Crippen molar-refractivity contribution in [1.82, 2.24) is 15.1 Å². The molecule has 1 N–H and O–H groups in total. The lowest BCUT2D eigenvalue weighted by atomic mass is 9.98. The second-order valence-corrected chi connectivity index (χ2v) is 7.43. The van der Waals surface area contributed by atoms with E-state index in [0.29, 0.717) is 6.54 Å². The fourth-order valence-electron chi connectivity index (χ4n) is 2.77. The van der Waals surface area contributed by atoms with Crippen LogP contribution in [0.5, 0.6) is 0 Å². The van der Waals surface area contributed by atoms with E-state index < -0.39 is 5.54 Å². The van der Waals surface area contributed by atoms with E-state index in [1.54, 1.807) is 11.3 Å². The minimum absolute atomic E-state index is 0.210. The highest BCUT2D eigenvalue weighted by molar-refractivity contribution is 7.09. The van der Waals surface area contributed by atoms with Gasteiger partial charge in [0.2, 0.25) is 5.91 Å². The Labute approximate surface area is 132 Å². The molecule has 0 atom stereocenters. The second-order valence-electron chi connectivity index (χ2n) is 6.40. The maximum Gasteiger partial charge on any atom is 0.243 e. The average molecular weight is 309 g/mol. The number of hydrogen-bond acceptors (Lipinski definition) is 4. The Balaban J connectivity index is 2.12. The third kappa shape index (κ3) is 3.84. The molecule has 0 unspecified atom stereocenters. The molecule has 2 heterocycles. The van der Waals surface area contributed by atoms with Gasteiger partial charge in [0.25, 0.3) is 0 Å². The smallest absolute Gasteiger partial charge is 0.243 e. The molecule has 5 heteroatoms. The highest BCUT2D eigenvalue weighted by atomic mass is 32.1. The monoisotopic (exact) mass is 309 g/mol. The van der Waals surface area contributed by atoms with E-state index in [0.717, 1.165) is 26.2 Å². The third-order valence-corrected chi connectivity index (χ3v) is 5.08. The van der Waals surface area contributed by atoms with Crippen LogP contribution < -0.4 is 5.32 Å². The van der Waals surface area contributed by atoms with Crippen LogP contribution in [0.15, 0.2) is 17.5 Å². The Bertz CT molecular complexity index is 450. The number of nitrogens with zero attached hydrogens (tertiary/aromatic N) is 2. The molecule has 1 aliphatic rings. The first kappa shape index (κ1) is 16.5. The molecule has 0 saturated carbocycles. The topological polar surface area (TPSA) is 35.6 Å². The Morgan fingerprint density at radius 2 is 2.10 bits per heavy atom.